The molecule has 1 aromatic carbocycles. The van der Waals surface area contributed by atoms with E-state index in [0.29, 0.717) is 40.1 Å². The first-order chi connectivity index (χ1) is 21.2. The van der Waals surface area contributed by atoms with Crippen LogP contribution >= 0.6 is 0 Å². The Hall–Kier alpha value is -2.30. The number of nitrogens with one attached hydrogen (secondary N) is 2. The molecule has 5 fully saturated rings. The molecule has 5 nitrogen and oxygen atoms in total. The zero-order valence-corrected chi connectivity index (χ0v) is 29.3. The molecular formula is C40H58N2O3. The van der Waals surface area contributed by atoms with Crippen molar-refractivity contribution in [2.45, 2.75) is 118 Å². The highest BCUT2D eigenvalue weighted by atomic mass is 16.5. The zero-order chi connectivity index (χ0) is 32.2. The standard InChI is InChI=1S/C40H58N2O3/c1-35(2)27(25-9-11-26(12-10-25)33(43)45-8)15-18-37(4)30(35)17-19-39(6)31(37)14-13-29-32-28(36(3)21-22-36)16-20-40(32,42-34(44)41-7)24-23-38(29,39)5/h9-12,15,28-32H,13-14,16-24H2,1-8H3,(H2,41,42,44)/t28-,29-,30+,31?,32?,37+,38-,39-,40+/m1/s1. The minimum absolute atomic E-state index is 0.0186. The van der Waals surface area contributed by atoms with Crippen molar-refractivity contribution in [3.05, 3.63) is 41.5 Å². The summed E-state index contributed by atoms with van der Waals surface area (Å²) in [6.45, 7) is 15.6. The van der Waals surface area contributed by atoms with Gasteiger partial charge in [0.25, 0.3) is 0 Å². The molecular weight excluding hydrogens is 556 g/mol. The fourth-order valence-corrected chi connectivity index (χ4v) is 13.5. The van der Waals surface area contributed by atoms with Crippen LogP contribution in [-0.2, 0) is 4.74 Å². The van der Waals surface area contributed by atoms with Crippen LogP contribution in [0.15, 0.2) is 30.3 Å². The third kappa shape index (κ3) is 4.23. The first-order valence-corrected chi connectivity index (χ1v) is 18.1. The van der Waals surface area contributed by atoms with E-state index in [1.807, 2.05) is 12.1 Å². The number of carbonyl (C=O) groups excluding carboxylic acids is 2. The fourth-order valence-electron chi connectivity index (χ4n) is 13.5. The van der Waals surface area contributed by atoms with Crippen molar-refractivity contribution in [1.29, 1.82) is 0 Å². The van der Waals surface area contributed by atoms with Gasteiger partial charge < -0.3 is 15.4 Å². The predicted molar refractivity (Wildman–Crippen MR) is 181 cm³/mol. The Balaban J connectivity index is 1.22. The lowest BCUT2D eigenvalue weighted by Gasteiger charge is -2.72. The van der Waals surface area contributed by atoms with Crippen LogP contribution in [0.5, 0.6) is 0 Å². The van der Waals surface area contributed by atoms with Gasteiger partial charge in [-0.1, -0.05) is 59.8 Å². The highest BCUT2D eigenvalue weighted by Gasteiger charge is 2.72. The second kappa shape index (κ2) is 10.1. The highest BCUT2D eigenvalue weighted by molar-refractivity contribution is 5.90. The Bertz CT molecular complexity index is 1410. The summed E-state index contributed by atoms with van der Waals surface area (Å²) in [5, 5.41) is 6.54. The molecule has 6 aliphatic rings. The molecule has 5 saturated carbocycles. The van der Waals surface area contributed by atoms with Gasteiger partial charge in [0.2, 0.25) is 0 Å². The number of benzene rings is 1. The first kappa shape index (κ1) is 31.3. The van der Waals surface area contributed by atoms with E-state index in [1.54, 1.807) is 7.05 Å². The van der Waals surface area contributed by atoms with Crippen molar-refractivity contribution in [3.63, 3.8) is 0 Å². The number of methoxy groups -OCH3 is 1. The van der Waals surface area contributed by atoms with Gasteiger partial charge in [-0.25, -0.2) is 9.59 Å². The zero-order valence-electron chi connectivity index (χ0n) is 29.3. The Morgan fingerprint density at radius 3 is 2.13 bits per heavy atom. The van der Waals surface area contributed by atoms with Crippen molar-refractivity contribution in [3.8, 4) is 0 Å². The number of carbonyl (C=O) groups is 2. The summed E-state index contributed by atoms with van der Waals surface area (Å²) in [5.74, 6) is 3.03. The number of ether oxygens (including phenoxy) is 1. The summed E-state index contributed by atoms with van der Waals surface area (Å²) in [7, 11) is 3.22. The molecule has 0 radical (unpaired) electrons. The number of amides is 2. The maximum absolute atomic E-state index is 12.9. The number of rotatable bonds is 4. The van der Waals surface area contributed by atoms with Gasteiger partial charge in [0.15, 0.2) is 0 Å². The minimum Gasteiger partial charge on any atom is -0.465 e. The van der Waals surface area contributed by atoms with E-state index in [1.165, 1.54) is 69.6 Å². The number of hydrogen-bond donors (Lipinski definition) is 2. The quantitative estimate of drug-likeness (QED) is 0.333. The Kier molecular flexibility index (Phi) is 7.03. The van der Waals surface area contributed by atoms with Gasteiger partial charge >= 0.3 is 12.0 Å². The van der Waals surface area contributed by atoms with Gasteiger partial charge in [-0.2, -0.15) is 0 Å². The summed E-state index contributed by atoms with van der Waals surface area (Å²) < 4.78 is 4.95. The van der Waals surface area contributed by atoms with Crippen LogP contribution in [0.3, 0.4) is 0 Å². The molecule has 9 atom stereocenters. The molecule has 0 spiro atoms. The SMILES string of the molecule is CNC(=O)N[C@]12CC[C@@H](C3(C)CC3)C1[C@H]1CCC3[C@@]4(C)CC=C(c5ccc(C(=O)OC)cc5)C(C)(C)[C@@H]4CC[C@@]3(C)[C@]1(C)CC2. The minimum atomic E-state index is -0.277. The predicted octanol–water partition coefficient (Wildman–Crippen LogP) is 9.03. The molecule has 2 N–H and O–H groups in total. The average molecular weight is 615 g/mol. The third-order valence-corrected chi connectivity index (χ3v) is 16.2. The lowest BCUT2D eigenvalue weighted by atomic mass is 9.32. The van der Waals surface area contributed by atoms with Crippen molar-refractivity contribution < 1.29 is 14.3 Å². The van der Waals surface area contributed by atoms with Crippen molar-refractivity contribution in [1.82, 2.24) is 10.6 Å². The van der Waals surface area contributed by atoms with Gasteiger partial charge in [0.05, 0.1) is 12.7 Å². The number of fused-ring (bicyclic) bond motifs is 7. The van der Waals surface area contributed by atoms with E-state index >= 15 is 0 Å². The number of urea groups is 1. The molecule has 1 aromatic rings. The van der Waals surface area contributed by atoms with E-state index in [9.17, 15) is 9.59 Å². The molecule has 45 heavy (non-hydrogen) atoms. The van der Waals surface area contributed by atoms with Crippen LogP contribution in [0, 0.1) is 56.7 Å². The lowest BCUT2D eigenvalue weighted by Crippen LogP contribution is -2.68. The van der Waals surface area contributed by atoms with Gasteiger partial charge in [-0.05, 0) is 151 Å². The average Bonchev–Trinajstić information content (AvgIpc) is 3.64. The Labute approximate surface area is 272 Å². The Morgan fingerprint density at radius 2 is 1.49 bits per heavy atom. The van der Waals surface area contributed by atoms with E-state index in [4.69, 9.17) is 4.74 Å². The summed E-state index contributed by atoms with van der Waals surface area (Å²) in [6, 6.07) is 8.12. The van der Waals surface area contributed by atoms with Gasteiger partial charge in [-0.3, -0.25) is 0 Å². The van der Waals surface area contributed by atoms with Crippen LogP contribution in [0.4, 0.5) is 4.79 Å². The summed E-state index contributed by atoms with van der Waals surface area (Å²) in [5.41, 5.74) is 4.61. The van der Waals surface area contributed by atoms with E-state index in [-0.39, 0.29) is 33.8 Å². The largest absolute Gasteiger partial charge is 0.465 e. The van der Waals surface area contributed by atoms with Gasteiger partial charge in [0.1, 0.15) is 0 Å². The van der Waals surface area contributed by atoms with Gasteiger partial charge in [-0.15, -0.1) is 0 Å². The van der Waals surface area contributed by atoms with Crippen LogP contribution in [-0.4, -0.2) is 31.7 Å². The van der Waals surface area contributed by atoms with Crippen LogP contribution in [0.2, 0.25) is 0 Å². The lowest BCUT2D eigenvalue weighted by molar-refractivity contribution is -0.221. The molecule has 0 bridgehead atoms. The maximum atomic E-state index is 12.9. The van der Waals surface area contributed by atoms with E-state index < -0.39 is 0 Å². The van der Waals surface area contributed by atoms with Crippen molar-refractivity contribution in [2.24, 2.45) is 56.7 Å². The Morgan fingerprint density at radius 1 is 0.778 bits per heavy atom. The molecule has 2 unspecified atom stereocenters. The number of hydrogen-bond acceptors (Lipinski definition) is 3. The first-order valence-electron chi connectivity index (χ1n) is 18.1. The molecule has 0 aliphatic heterocycles. The monoisotopic (exact) mass is 614 g/mol. The normalized spacial score (nSPS) is 43.8. The smallest absolute Gasteiger partial charge is 0.337 e. The summed E-state index contributed by atoms with van der Waals surface area (Å²) >= 11 is 0. The number of esters is 1. The topological polar surface area (TPSA) is 67.4 Å². The van der Waals surface area contributed by atoms with Crippen LogP contribution in [0.25, 0.3) is 5.57 Å². The molecule has 5 heteroatoms. The second-order valence-corrected chi connectivity index (χ2v) is 18.0. The molecule has 0 saturated heterocycles. The molecule has 0 heterocycles. The van der Waals surface area contributed by atoms with Crippen molar-refractivity contribution in [2.75, 3.05) is 14.2 Å². The number of allylic oxidation sites excluding steroid dienone is 2. The van der Waals surface area contributed by atoms with Gasteiger partial charge in [0, 0.05) is 12.6 Å². The third-order valence-electron chi connectivity index (χ3n) is 16.2. The van der Waals surface area contributed by atoms with E-state index in [0.717, 1.165) is 25.2 Å². The van der Waals surface area contributed by atoms with Crippen LogP contribution < -0.4 is 10.6 Å². The van der Waals surface area contributed by atoms with Crippen molar-refractivity contribution >= 4 is 17.6 Å². The van der Waals surface area contributed by atoms with Crippen LogP contribution in [0.1, 0.15) is 128 Å². The second-order valence-electron chi connectivity index (χ2n) is 18.0. The molecule has 6 aliphatic carbocycles. The molecule has 2 amide bonds. The maximum Gasteiger partial charge on any atom is 0.337 e. The highest BCUT2D eigenvalue weighted by Crippen LogP contribution is 2.78. The summed E-state index contributed by atoms with van der Waals surface area (Å²) in [6.07, 6.45) is 16.4. The van der Waals surface area contributed by atoms with E-state index in [2.05, 4.69) is 70.4 Å². The molecule has 0 aromatic heterocycles. The molecule has 246 valence electrons. The molecule has 7 rings (SSSR count). The fraction of sp³-hybridized carbons (Fsp3) is 0.750. The summed E-state index contributed by atoms with van der Waals surface area (Å²) in [4.78, 5) is 25.0.